The van der Waals surface area contributed by atoms with E-state index in [2.05, 4.69) is 5.32 Å². The van der Waals surface area contributed by atoms with E-state index in [1.807, 2.05) is 30.3 Å². The second kappa shape index (κ2) is 14.4. The molecule has 1 atom stereocenters. The number of nitrogens with zero attached hydrogens (tertiary/aromatic N) is 2. The van der Waals surface area contributed by atoms with E-state index in [4.69, 9.17) is 32.7 Å². The van der Waals surface area contributed by atoms with Gasteiger partial charge in [-0.25, -0.2) is 8.42 Å². The van der Waals surface area contributed by atoms with Crippen LogP contribution in [0.25, 0.3) is 0 Å². The van der Waals surface area contributed by atoms with Gasteiger partial charge in [-0.05, 0) is 42.3 Å². The maximum absolute atomic E-state index is 14.1. The molecule has 0 saturated heterocycles. The number of carbonyl (C=O) groups is 2. The Balaban J connectivity index is 2.09. The maximum atomic E-state index is 14.1. The summed E-state index contributed by atoms with van der Waals surface area (Å²) in [7, 11) is -1.06. The van der Waals surface area contributed by atoms with Crippen molar-refractivity contribution in [3.8, 4) is 11.5 Å². The predicted molar refractivity (Wildman–Crippen MR) is 161 cm³/mol. The second-order valence-corrected chi connectivity index (χ2v) is 11.9. The van der Waals surface area contributed by atoms with Crippen LogP contribution >= 0.6 is 23.2 Å². The fourth-order valence-corrected chi connectivity index (χ4v) is 5.58. The number of halogens is 2. The number of amides is 2. The molecule has 0 spiro atoms. The first kappa shape index (κ1) is 32.0. The lowest BCUT2D eigenvalue weighted by Gasteiger charge is -2.33. The summed E-state index contributed by atoms with van der Waals surface area (Å²) in [6.07, 6.45) is 1.20. The van der Waals surface area contributed by atoms with Crippen molar-refractivity contribution >= 4 is 50.7 Å². The molecule has 0 aromatic heterocycles. The van der Waals surface area contributed by atoms with Gasteiger partial charge in [0.15, 0.2) is 11.5 Å². The molecule has 2 amide bonds. The molecule has 3 aromatic carbocycles. The standard InChI is InChI=1S/C29H33Cl2N3O6S/c1-5-32-29(36)25(15-20-9-7-6-8-10-20)33(18-21-11-12-22(30)16-24(21)31)28(35)19-34(41(4,37)38)23-13-14-26(39-2)27(17-23)40-3/h6-14,16-17,25H,5,15,18-19H2,1-4H3,(H,32,36). The summed E-state index contributed by atoms with van der Waals surface area (Å²) in [6, 6.07) is 17.7. The average molecular weight is 623 g/mol. The summed E-state index contributed by atoms with van der Waals surface area (Å²) in [4.78, 5) is 28.9. The van der Waals surface area contributed by atoms with E-state index in [-0.39, 0.29) is 24.6 Å². The van der Waals surface area contributed by atoms with E-state index in [0.29, 0.717) is 33.7 Å². The summed E-state index contributed by atoms with van der Waals surface area (Å²) < 4.78 is 37.5. The van der Waals surface area contributed by atoms with Crippen LogP contribution in [-0.2, 0) is 32.6 Å². The minimum atomic E-state index is -3.95. The molecule has 0 fully saturated rings. The third-order valence-electron chi connectivity index (χ3n) is 6.31. The van der Waals surface area contributed by atoms with E-state index in [0.717, 1.165) is 16.1 Å². The summed E-state index contributed by atoms with van der Waals surface area (Å²) in [5.41, 5.74) is 1.56. The fourth-order valence-electron chi connectivity index (χ4n) is 4.27. The lowest BCUT2D eigenvalue weighted by molar-refractivity contribution is -0.140. The number of hydrogen-bond donors (Lipinski definition) is 1. The molecule has 0 aliphatic heterocycles. The van der Waals surface area contributed by atoms with Gasteiger partial charge >= 0.3 is 0 Å². The number of likely N-dealkylation sites (N-methyl/N-ethyl adjacent to an activating group) is 1. The lowest BCUT2D eigenvalue weighted by atomic mass is 10.0. The number of nitrogens with one attached hydrogen (secondary N) is 1. The van der Waals surface area contributed by atoms with Crippen LogP contribution in [0.4, 0.5) is 5.69 Å². The number of ether oxygens (including phenoxy) is 2. The molecule has 0 radical (unpaired) electrons. The molecule has 0 heterocycles. The number of sulfonamides is 1. The van der Waals surface area contributed by atoms with E-state index in [1.54, 1.807) is 31.2 Å². The summed E-state index contributed by atoms with van der Waals surface area (Å²) in [6.45, 7) is 1.48. The van der Waals surface area contributed by atoms with Gasteiger partial charge in [-0.3, -0.25) is 13.9 Å². The van der Waals surface area contributed by atoms with Crippen LogP contribution < -0.4 is 19.1 Å². The Hall–Kier alpha value is -3.47. The molecule has 0 bridgehead atoms. The Bertz CT molecular complexity index is 1470. The Morgan fingerprint density at radius 1 is 0.951 bits per heavy atom. The highest BCUT2D eigenvalue weighted by atomic mass is 35.5. The number of anilines is 1. The first-order chi connectivity index (χ1) is 19.5. The van der Waals surface area contributed by atoms with Crippen LogP contribution in [0, 0.1) is 0 Å². The van der Waals surface area contributed by atoms with Crippen molar-refractivity contribution in [1.82, 2.24) is 10.2 Å². The SMILES string of the molecule is CCNC(=O)C(Cc1ccccc1)N(Cc1ccc(Cl)cc1Cl)C(=O)CN(c1ccc(OC)c(OC)c1)S(C)(=O)=O. The first-order valence-electron chi connectivity index (χ1n) is 12.7. The number of hydrogen-bond acceptors (Lipinski definition) is 6. The molecule has 12 heteroatoms. The summed E-state index contributed by atoms with van der Waals surface area (Å²) in [5.74, 6) is -0.301. The van der Waals surface area contributed by atoms with Gasteiger partial charge in [0.1, 0.15) is 12.6 Å². The van der Waals surface area contributed by atoms with E-state index in [1.165, 1.54) is 31.3 Å². The van der Waals surface area contributed by atoms with Crippen molar-refractivity contribution in [2.45, 2.75) is 25.9 Å². The van der Waals surface area contributed by atoms with Crippen molar-refractivity contribution in [1.29, 1.82) is 0 Å². The topological polar surface area (TPSA) is 105 Å². The zero-order valence-electron chi connectivity index (χ0n) is 23.3. The monoisotopic (exact) mass is 621 g/mol. The van der Waals surface area contributed by atoms with Gasteiger partial charge in [0.25, 0.3) is 0 Å². The molecular formula is C29H33Cl2N3O6S. The Morgan fingerprint density at radius 2 is 1.63 bits per heavy atom. The highest BCUT2D eigenvalue weighted by molar-refractivity contribution is 7.92. The molecule has 9 nitrogen and oxygen atoms in total. The van der Waals surface area contributed by atoms with Gasteiger partial charge in [-0.15, -0.1) is 0 Å². The summed E-state index contributed by atoms with van der Waals surface area (Å²) in [5, 5.41) is 3.53. The highest BCUT2D eigenvalue weighted by Crippen LogP contribution is 2.33. The van der Waals surface area contributed by atoms with Crippen molar-refractivity contribution in [3.05, 3.63) is 87.9 Å². The first-order valence-corrected chi connectivity index (χ1v) is 15.3. The van der Waals surface area contributed by atoms with Crippen LogP contribution in [0.1, 0.15) is 18.1 Å². The Kier molecular flexibility index (Phi) is 11.3. The number of rotatable bonds is 13. The minimum Gasteiger partial charge on any atom is -0.493 e. The van der Waals surface area contributed by atoms with Crippen molar-refractivity contribution < 1.29 is 27.5 Å². The molecule has 0 aliphatic rings. The molecular weight excluding hydrogens is 589 g/mol. The molecule has 3 aromatic rings. The molecule has 3 rings (SSSR count). The number of methoxy groups -OCH3 is 2. The van der Waals surface area contributed by atoms with Gasteiger partial charge in [-0.1, -0.05) is 59.6 Å². The van der Waals surface area contributed by atoms with E-state index in [9.17, 15) is 18.0 Å². The van der Waals surface area contributed by atoms with Gasteiger partial charge in [0.2, 0.25) is 21.8 Å². The predicted octanol–water partition coefficient (Wildman–Crippen LogP) is 4.55. The second-order valence-electron chi connectivity index (χ2n) is 9.17. The fraction of sp³-hybridized carbons (Fsp3) is 0.310. The van der Waals surface area contributed by atoms with Crippen LogP contribution in [0.3, 0.4) is 0 Å². The van der Waals surface area contributed by atoms with Crippen LogP contribution in [0.2, 0.25) is 10.0 Å². The van der Waals surface area contributed by atoms with Gasteiger partial charge in [-0.2, -0.15) is 0 Å². The molecule has 1 unspecified atom stereocenters. The Labute approximate surface area is 251 Å². The zero-order chi connectivity index (χ0) is 30.2. The normalized spacial score (nSPS) is 11.9. The smallest absolute Gasteiger partial charge is 0.244 e. The van der Waals surface area contributed by atoms with Crippen molar-refractivity contribution in [3.63, 3.8) is 0 Å². The summed E-state index contributed by atoms with van der Waals surface area (Å²) >= 11 is 12.6. The lowest BCUT2D eigenvalue weighted by Crippen LogP contribution is -2.53. The van der Waals surface area contributed by atoms with Crippen LogP contribution in [0.15, 0.2) is 66.7 Å². The van der Waals surface area contributed by atoms with E-state index < -0.39 is 28.5 Å². The zero-order valence-corrected chi connectivity index (χ0v) is 25.6. The van der Waals surface area contributed by atoms with Gasteiger partial charge < -0.3 is 19.7 Å². The minimum absolute atomic E-state index is 0.0625. The number of benzene rings is 3. The van der Waals surface area contributed by atoms with E-state index >= 15 is 0 Å². The van der Waals surface area contributed by atoms with Gasteiger partial charge in [0.05, 0.1) is 26.2 Å². The van der Waals surface area contributed by atoms with Crippen LogP contribution in [0.5, 0.6) is 11.5 Å². The molecule has 220 valence electrons. The Morgan fingerprint density at radius 3 is 2.22 bits per heavy atom. The maximum Gasteiger partial charge on any atom is 0.244 e. The molecule has 1 N–H and O–H groups in total. The highest BCUT2D eigenvalue weighted by Gasteiger charge is 2.33. The largest absolute Gasteiger partial charge is 0.493 e. The molecule has 0 saturated carbocycles. The third-order valence-corrected chi connectivity index (χ3v) is 8.04. The third kappa shape index (κ3) is 8.51. The van der Waals surface area contributed by atoms with Crippen molar-refractivity contribution in [2.75, 3.05) is 37.9 Å². The molecule has 41 heavy (non-hydrogen) atoms. The van der Waals surface area contributed by atoms with Crippen LogP contribution in [-0.4, -0.2) is 64.7 Å². The quantitative estimate of drug-likeness (QED) is 0.300. The average Bonchev–Trinajstić information content (AvgIpc) is 2.94. The van der Waals surface area contributed by atoms with Crippen molar-refractivity contribution in [2.24, 2.45) is 0 Å². The van der Waals surface area contributed by atoms with Gasteiger partial charge in [0, 0.05) is 35.6 Å². The molecule has 0 aliphatic carbocycles. The number of carbonyl (C=O) groups excluding carboxylic acids is 2.